The van der Waals surface area contributed by atoms with Crippen molar-refractivity contribution in [2.75, 3.05) is 21.3 Å². The van der Waals surface area contributed by atoms with Gasteiger partial charge in [-0.3, -0.25) is 14.4 Å². The highest BCUT2D eigenvalue weighted by Gasteiger charge is 2.52. The lowest BCUT2D eigenvalue weighted by molar-refractivity contribution is -0.314. The minimum atomic E-state index is -0.620. The second-order valence-corrected chi connectivity index (χ2v) is 14.8. The molecule has 0 bridgehead atoms. The Kier molecular flexibility index (Phi) is 11.6. The summed E-state index contributed by atoms with van der Waals surface area (Å²) in [5, 5.41) is 6.96. The smallest absolute Gasteiger partial charge is 0.306 e. The Morgan fingerprint density at radius 3 is 2.44 bits per heavy atom. The van der Waals surface area contributed by atoms with Gasteiger partial charge in [-0.15, -0.1) is 0 Å². The molecule has 0 radical (unpaired) electrons. The number of cyclic esters (lactones) is 1. The van der Waals surface area contributed by atoms with Crippen LogP contribution in [0.2, 0.25) is 0 Å². The summed E-state index contributed by atoms with van der Waals surface area (Å²) in [4.78, 5) is 41.1. The standard InChI is InChI=1S/C38H54N2O10/c1-8-23-10-9-11-30(39-37(43)31-14-19(2)50-40-31)20(3)33(42)29-17-27-25(28(29)18-32(41)48-23)13-12-22-15-24(16-26(22)27)49-38-36(46-7)35(45-6)34(44-5)21(4)47-38/h12-14,17,20-28,30,34-36,38H,8-11,15-16,18H2,1-7H3,(H,39,43)/t20-,21?,22-,23+,24-,25-,26-,27-,28+,30+,34?,35?,36?,38?/m1/s1. The van der Waals surface area contributed by atoms with Gasteiger partial charge >= 0.3 is 5.97 Å². The quantitative estimate of drug-likeness (QED) is 0.297. The molecule has 2 saturated heterocycles. The number of methoxy groups -OCH3 is 3. The summed E-state index contributed by atoms with van der Waals surface area (Å²) in [6.07, 6.45) is 8.68. The number of amides is 1. The van der Waals surface area contributed by atoms with E-state index in [1.807, 2.05) is 20.8 Å². The zero-order valence-electron chi connectivity index (χ0n) is 30.4. The Bertz CT molecular complexity index is 1440. The van der Waals surface area contributed by atoms with Crippen molar-refractivity contribution in [3.05, 3.63) is 41.3 Å². The van der Waals surface area contributed by atoms with Crippen LogP contribution in [0.25, 0.3) is 0 Å². The van der Waals surface area contributed by atoms with E-state index in [9.17, 15) is 14.4 Å². The highest BCUT2D eigenvalue weighted by atomic mass is 16.7. The number of rotatable bonds is 8. The first-order valence-electron chi connectivity index (χ1n) is 18.3. The van der Waals surface area contributed by atoms with Crippen LogP contribution in [0, 0.1) is 42.4 Å². The first-order valence-corrected chi connectivity index (χ1v) is 18.3. The number of esters is 1. The number of carbonyl (C=O) groups excluding carboxylic acids is 3. The molecule has 12 nitrogen and oxygen atoms in total. The van der Waals surface area contributed by atoms with Crippen LogP contribution in [0.4, 0.5) is 0 Å². The Labute approximate surface area is 294 Å². The normalized spacial score (nSPS) is 40.5. The summed E-state index contributed by atoms with van der Waals surface area (Å²) in [6.45, 7) is 7.59. The number of hydrogen-bond acceptors (Lipinski definition) is 11. The molecule has 3 heterocycles. The summed E-state index contributed by atoms with van der Waals surface area (Å²) >= 11 is 0. The molecule has 0 spiro atoms. The van der Waals surface area contributed by atoms with Crippen molar-refractivity contribution in [3.8, 4) is 0 Å². The first-order chi connectivity index (χ1) is 24.1. The van der Waals surface area contributed by atoms with Gasteiger partial charge in [0.2, 0.25) is 0 Å². The molecule has 2 aliphatic heterocycles. The van der Waals surface area contributed by atoms with Gasteiger partial charge in [-0.2, -0.15) is 0 Å². The molecule has 1 saturated carbocycles. The molecule has 3 fully saturated rings. The summed E-state index contributed by atoms with van der Waals surface area (Å²) in [6, 6.07) is 1.17. The van der Waals surface area contributed by atoms with Crippen molar-refractivity contribution in [1.82, 2.24) is 10.5 Å². The third kappa shape index (κ3) is 7.37. The Morgan fingerprint density at radius 2 is 1.76 bits per heavy atom. The van der Waals surface area contributed by atoms with Crippen LogP contribution in [-0.2, 0) is 38.0 Å². The maximum atomic E-state index is 14.5. The van der Waals surface area contributed by atoms with Gasteiger partial charge in [0.1, 0.15) is 30.2 Å². The zero-order valence-corrected chi connectivity index (χ0v) is 30.4. The number of aryl methyl sites for hydroxylation is 1. The number of fused-ring (bicyclic) bond motifs is 5. The number of allylic oxidation sites excluding steroid dienone is 4. The lowest BCUT2D eigenvalue weighted by atomic mass is 9.70. The van der Waals surface area contributed by atoms with Gasteiger partial charge in [0.25, 0.3) is 5.91 Å². The third-order valence-electron chi connectivity index (χ3n) is 11.9. The van der Waals surface area contributed by atoms with Crippen molar-refractivity contribution < 1.29 is 47.3 Å². The molecule has 1 aromatic rings. The molecule has 3 aliphatic carbocycles. The van der Waals surface area contributed by atoms with Gasteiger partial charge in [0, 0.05) is 45.3 Å². The number of nitrogens with one attached hydrogen (secondary N) is 1. The zero-order chi connectivity index (χ0) is 35.7. The minimum Gasteiger partial charge on any atom is -0.462 e. The van der Waals surface area contributed by atoms with Gasteiger partial charge in [-0.1, -0.05) is 37.2 Å². The Hall–Kier alpha value is -2.90. The van der Waals surface area contributed by atoms with E-state index < -0.39 is 24.4 Å². The lowest BCUT2D eigenvalue weighted by Crippen LogP contribution is -2.59. The van der Waals surface area contributed by atoms with Crippen molar-refractivity contribution in [2.24, 2.45) is 35.5 Å². The number of nitrogens with zero attached hydrogens (tertiary/aromatic N) is 1. The molecule has 5 unspecified atom stereocenters. The van der Waals surface area contributed by atoms with Gasteiger partial charge in [-0.05, 0) is 81.6 Å². The van der Waals surface area contributed by atoms with E-state index in [0.29, 0.717) is 37.0 Å². The molecule has 1 N–H and O–H groups in total. The summed E-state index contributed by atoms with van der Waals surface area (Å²) in [5.41, 5.74) is 0.856. The first kappa shape index (κ1) is 36.9. The molecule has 6 rings (SSSR count). The third-order valence-corrected chi connectivity index (χ3v) is 11.9. The van der Waals surface area contributed by atoms with Crippen LogP contribution in [0.3, 0.4) is 0 Å². The van der Waals surface area contributed by atoms with Crippen LogP contribution >= 0.6 is 0 Å². The molecular formula is C38H54N2O10. The number of ketones is 1. The van der Waals surface area contributed by atoms with Crippen molar-refractivity contribution in [2.45, 2.75) is 122 Å². The van der Waals surface area contributed by atoms with Crippen LogP contribution in [0.15, 0.2) is 34.4 Å². The van der Waals surface area contributed by atoms with Crippen molar-refractivity contribution in [1.29, 1.82) is 0 Å². The Balaban J connectivity index is 1.23. The lowest BCUT2D eigenvalue weighted by Gasteiger charge is -2.44. The van der Waals surface area contributed by atoms with E-state index in [1.54, 1.807) is 34.3 Å². The minimum absolute atomic E-state index is 0.0131. The molecule has 1 aromatic heterocycles. The molecule has 0 aromatic carbocycles. The van der Waals surface area contributed by atoms with E-state index in [4.69, 9.17) is 32.9 Å². The van der Waals surface area contributed by atoms with Crippen LogP contribution < -0.4 is 5.32 Å². The fourth-order valence-electron chi connectivity index (χ4n) is 9.25. The summed E-state index contributed by atoms with van der Waals surface area (Å²) in [5.74, 6) is -0.400. The molecule has 12 heteroatoms. The number of aromatic nitrogens is 1. The predicted molar refractivity (Wildman–Crippen MR) is 181 cm³/mol. The van der Waals surface area contributed by atoms with Gasteiger partial charge < -0.3 is 38.3 Å². The molecule has 1 amide bonds. The molecular weight excluding hydrogens is 644 g/mol. The maximum absolute atomic E-state index is 14.5. The topological polar surface area (TPSA) is 145 Å². The predicted octanol–water partition coefficient (Wildman–Crippen LogP) is 4.74. The maximum Gasteiger partial charge on any atom is 0.306 e. The fourth-order valence-corrected chi connectivity index (χ4v) is 9.25. The number of ether oxygens (including phenoxy) is 6. The Morgan fingerprint density at radius 1 is 1.00 bits per heavy atom. The second kappa shape index (κ2) is 15.8. The van der Waals surface area contributed by atoms with Crippen LogP contribution in [-0.4, -0.2) is 93.1 Å². The second-order valence-electron chi connectivity index (χ2n) is 14.8. The summed E-state index contributed by atoms with van der Waals surface area (Å²) in [7, 11) is 4.91. The van der Waals surface area contributed by atoms with Crippen molar-refractivity contribution in [3.63, 3.8) is 0 Å². The van der Waals surface area contributed by atoms with Crippen molar-refractivity contribution >= 4 is 17.7 Å². The average Bonchev–Trinajstić information content (AvgIpc) is 3.82. The number of carbonyl (C=O) groups is 3. The molecule has 50 heavy (non-hydrogen) atoms. The van der Waals surface area contributed by atoms with E-state index in [-0.39, 0.29) is 89.9 Å². The SMILES string of the molecule is CC[C@H]1CCC[C@H](NC(=O)c2cc(C)on2)[C@@H](C)C(=O)C2=C[C@@H]3[C@@H](C=C[C@@H]4C[C@@H](OC5OC(C)C(OC)C(OC)C5OC)C[C@@H]34)[C@@H]2CC(=O)O1. The largest absolute Gasteiger partial charge is 0.462 e. The van der Waals surface area contributed by atoms with Gasteiger partial charge in [0.15, 0.2) is 17.8 Å². The fraction of sp³-hybridized carbons (Fsp3) is 0.737. The monoisotopic (exact) mass is 698 g/mol. The van der Waals surface area contributed by atoms with Crippen LogP contribution in [0.5, 0.6) is 0 Å². The molecule has 276 valence electrons. The van der Waals surface area contributed by atoms with E-state index in [1.165, 1.54) is 0 Å². The summed E-state index contributed by atoms with van der Waals surface area (Å²) < 4.78 is 41.3. The van der Waals surface area contributed by atoms with Gasteiger partial charge in [-0.25, -0.2) is 0 Å². The average molecular weight is 699 g/mol. The number of hydrogen-bond donors (Lipinski definition) is 1. The molecule has 5 aliphatic rings. The highest BCUT2D eigenvalue weighted by Crippen LogP contribution is 2.54. The van der Waals surface area contributed by atoms with Crippen LogP contribution in [0.1, 0.15) is 82.0 Å². The van der Waals surface area contributed by atoms with E-state index >= 15 is 0 Å². The van der Waals surface area contributed by atoms with Gasteiger partial charge in [0.05, 0.1) is 18.6 Å². The molecule has 14 atom stereocenters. The highest BCUT2D eigenvalue weighted by molar-refractivity contribution is 6.00. The van der Waals surface area contributed by atoms with E-state index in [2.05, 4.69) is 28.7 Å². The van der Waals surface area contributed by atoms with E-state index in [0.717, 1.165) is 12.8 Å². The number of Topliss-reactive ketones (excluding diaryl/α,β-unsaturated/α-hetero) is 1.